The average molecular weight is 612 g/mol. The SMILES string of the molecule is CC(=O)O[C@@H]1C[C@@]23CC[C@@H]4[C@](C)(COS(=O)(=O)NC(C)(C)C)[C@H](CCC(=O)OC(C)(C)C)CC[C@@]4(C)[C@@H]2CC[C@]1(C)C3. The van der Waals surface area contributed by atoms with Gasteiger partial charge < -0.3 is 9.47 Å². The highest BCUT2D eigenvalue weighted by Gasteiger charge is 2.69. The second-order valence-electron chi connectivity index (χ2n) is 17.1. The van der Waals surface area contributed by atoms with Crippen molar-refractivity contribution < 1.29 is 31.7 Å². The summed E-state index contributed by atoms with van der Waals surface area (Å²) in [6.07, 6.45) is 9.06. The van der Waals surface area contributed by atoms with E-state index < -0.39 is 26.9 Å². The zero-order valence-electron chi connectivity index (χ0n) is 27.9. The molecule has 0 aliphatic heterocycles. The minimum Gasteiger partial charge on any atom is -0.462 e. The van der Waals surface area contributed by atoms with Gasteiger partial charge in [-0.05, 0) is 133 Å². The molecule has 42 heavy (non-hydrogen) atoms. The van der Waals surface area contributed by atoms with Crippen LogP contribution in [0.3, 0.4) is 0 Å². The van der Waals surface area contributed by atoms with Gasteiger partial charge in [-0.25, -0.2) is 0 Å². The molecule has 0 amide bonds. The molecule has 4 fully saturated rings. The summed E-state index contributed by atoms with van der Waals surface area (Å²) in [5.41, 5.74) is -1.45. The highest BCUT2D eigenvalue weighted by Crippen LogP contribution is 2.74. The van der Waals surface area contributed by atoms with Crippen LogP contribution in [0.2, 0.25) is 0 Å². The second kappa shape index (κ2) is 11.0. The van der Waals surface area contributed by atoms with E-state index in [1.807, 2.05) is 20.8 Å². The molecule has 4 aliphatic rings. The maximum atomic E-state index is 13.0. The Morgan fingerprint density at radius 1 is 0.929 bits per heavy atom. The molecular weight excluding hydrogens is 554 g/mol. The Labute approximate surface area is 255 Å². The fourth-order valence-corrected chi connectivity index (χ4v) is 11.4. The van der Waals surface area contributed by atoms with E-state index in [1.165, 1.54) is 6.92 Å². The van der Waals surface area contributed by atoms with E-state index in [0.717, 1.165) is 51.4 Å². The number of carbonyl (C=O) groups excluding carboxylic acids is 2. The van der Waals surface area contributed by atoms with Crippen LogP contribution < -0.4 is 4.72 Å². The lowest BCUT2D eigenvalue weighted by molar-refractivity contribution is -0.183. The predicted octanol–water partition coefficient (Wildman–Crippen LogP) is 6.72. The molecule has 4 saturated carbocycles. The Balaban J connectivity index is 1.62. The Morgan fingerprint density at radius 2 is 1.57 bits per heavy atom. The number of hydrogen-bond acceptors (Lipinski definition) is 7. The molecule has 1 spiro atoms. The molecule has 0 aromatic heterocycles. The maximum absolute atomic E-state index is 13.0. The Morgan fingerprint density at radius 3 is 2.17 bits per heavy atom. The quantitative estimate of drug-likeness (QED) is 0.304. The zero-order valence-corrected chi connectivity index (χ0v) is 28.7. The summed E-state index contributed by atoms with van der Waals surface area (Å²) in [7, 11) is -3.96. The van der Waals surface area contributed by atoms with Gasteiger partial charge >= 0.3 is 22.2 Å². The van der Waals surface area contributed by atoms with Crippen molar-refractivity contribution in [3.63, 3.8) is 0 Å². The van der Waals surface area contributed by atoms with Crippen LogP contribution in [0.5, 0.6) is 0 Å². The number of nitrogens with one attached hydrogen (secondary N) is 1. The van der Waals surface area contributed by atoms with Crippen molar-refractivity contribution in [3.8, 4) is 0 Å². The van der Waals surface area contributed by atoms with Gasteiger partial charge in [0.25, 0.3) is 0 Å². The van der Waals surface area contributed by atoms with Crippen molar-refractivity contribution in [3.05, 3.63) is 0 Å². The monoisotopic (exact) mass is 611 g/mol. The van der Waals surface area contributed by atoms with E-state index in [2.05, 4.69) is 25.5 Å². The molecule has 0 aromatic rings. The van der Waals surface area contributed by atoms with E-state index in [9.17, 15) is 18.0 Å². The highest BCUT2D eigenvalue weighted by molar-refractivity contribution is 7.84. The van der Waals surface area contributed by atoms with Gasteiger partial charge in [0.1, 0.15) is 11.7 Å². The van der Waals surface area contributed by atoms with E-state index in [4.69, 9.17) is 13.7 Å². The molecular formula is C33H57NO7S. The van der Waals surface area contributed by atoms with Gasteiger partial charge in [-0.1, -0.05) is 20.8 Å². The Bertz CT molecular complexity index is 1160. The van der Waals surface area contributed by atoms with Gasteiger partial charge in [-0.15, -0.1) is 0 Å². The standard InChI is InChI=1S/C33H57NO7S/c1-22(35)40-26-19-33-18-15-24-31(9,25(33)14-16-30(26,8)20-33)17-13-23(11-12-27(36)41-29(5,6)7)32(24,10)21-39-42(37,38)34-28(2,3)4/h23-26,34H,11-21H2,1-10H3/t23-,24+,25+,26-,30-,31-,32-,33-/m1/s1. The Hall–Kier alpha value is -1.19. The Kier molecular flexibility index (Phi) is 8.83. The second-order valence-corrected chi connectivity index (χ2v) is 18.5. The van der Waals surface area contributed by atoms with Crippen molar-refractivity contribution in [2.24, 2.45) is 39.4 Å². The first kappa shape index (κ1) is 33.7. The number of rotatable bonds is 8. The normalized spacial score (nSPS) is 40.1. The molecule has 2 bridgehead atoms. The summed E-state index contributed by atoms with van der Waals surface area (Å²) in [6.45, 7) is 19.6. The summed E-state index contributed by atoms with van der Waals surface area (Å²) >= 11 is 0. The van der Waals surface area contributed by atoms with Crippen LogP contribution in [0.15, 0.2) is 0 Å². The molecule has 1 N–H and O–H groups in total. The van der Waals surface area contributed by atoms with E-state index in [1.54, 1.807) is 20.8 Å². The van der Waals surface area contributed by atoms with E-state index in [0.29, 0.717) is 18.8 Å². The summed E-state index contributed by atoms with van der Waals surface area (Å²) < 4.78 is 46.1. The average Bonchev–Trinajstić information content (AvgIpc) is 2.98. The third-order valence-corrected chi connectivity index (χ3v) is 12.8. The van der Waals surface area contributed by atoms with Gasteiger partial charge in [0.15, 0.2) is 0 Å². The van der Waals surface area contributed by atoms with Crippen LogP contribution in [-0.2, 0) is 33.6 Å². The van der Waals surface area contributed by atoms with Crippen LogP contribution in [0.4, 0.5) is 0 Å². The maximum Gasteiger partial charge on any atom is 0.336 e. The lowest BCUT2D eigenvalue weighted by Gasteiger charge is -2.66. The minimum atomic E-state index is -3.96. The molecule has 0 saturated heterocycles. The first-order chi connectivity index (χ1) is 19.0. The van der Waals surface area contributed by atoms with Gasteiger partial charge in [0, 0.05) is 24.3 Å². The van der Waals surface area contributed by atoms with Gasteiger partial charge in [0.2, 0.25) is 0 Å². The van der Waals surface area contributed by atoms with Crippen molar-refractivity contribution in [2.45, 2.75) is 151 Å². The lowest BCUT2D eigenvalue weighted by atomic mass is 9.39. The predicted molar refractivity (Wildman–Crippen MR) is 163 cm³/mol. The molecule has 0 unspecified atom stereocenters. The van der Waals surface area contributed by atoms with Crippen molar-refractivity contribution >= 4 is 22.2 Å². The number of ether oxygens (including phenoxy) is 2. The van der Waals surface area contributed by atoms with Crippen LogP contribution in [-0.4, -0.2) is 44.2 Å². The van der Waals surface area contributed by atoms with E-state index in [-0.39, 0.29) is 52.7 Å². The van der Waals surface area contributed by atoms with Crippen molar-refractivity contribution in [2.75, 3.05) is 6.61 Å². The summed E-state index contributed by atoms with van der Waals surface area (Å²) in [4.78, 5) is 24.8. The third kappa shape index (κ3) is 6.73. The van der Waals surface area contributed by atoms with E-state index >= 15 is 0 Å². The van der Waals surface area contributed by atoms with Crippen LogP contribution >= 0.6 is 0 Å². The van der Waals surface area contributed by atoms with Crippen LogP contribution in [0.25, 0.3) is 0 Å². The number of esters is 2. The largest absolute Gasteiger partial charge is 0.462 e. The molecule has 9 heteroatoms. The van der Waals surface area contributed by atoms with Crippen molar-refractivity contribution in [1.29, 1.82) is 0 Å². The molecule has 4 rings (SSSR count). The molecule has 4 aliphatic carbocycles. The zero-order chi connectivity index (χ0) is 31.6. The first-order valence-corrected chi connectivity index (χ1v) is 17.5. The summed E-state index contributed by atoms with van der Waals surface area (Å²) in [5, 5.41) is 0. The van der Waals surface area contributed by atoms with Crippen LogP contribution in [0.1, 0.15) is 133 Å². The molecule has 0 heterocycles. The van der Waals surface area contributed by atoms with Crippen molar-refractivity contribution in [1.82, 2.24) is 4.72 Å². The highest BCUT2D eigenvalue weighted by atomic mass is 32.2. The minimum absolute atomic E-state index is 0.00639. The number of carbonyl (C=O) groups is 2. The molecule has 0 radical (unpaired) electrons. The smallest absolute Gasteiger partial charge is 0.336 e. The van der Waals surface area contributed by atoms with Gasteiger partial charge in [-0.2, -0.15) is 13.1 Å². The third-order valence-electron chi connectivity index (χ3n) is 11.5. The first-order valence-electron chi connectivity index (χ1n) is 16.1. The van der Waals surface area contributed by atoms with Crippen LogP contribution in [0, 0.1) is 39.4 Å². The molecule has 8 atom stereocenters. The lowest BCUT2D eigenvalue weighted by Crippen LogP contribution is -2.60. The fourth-order valence-electron chi connectivity index (χ4n) is 10.2. The van der Waals surface area contributed by atoms with Gasteiger partial charge in [-0.3, -0.25) is 13.8 Å². The summed E-state index contributed by atoms with van der Waals surface area (Å²) in [5.74, 6) is 0.459. The molecule has 0 aromatic carbocycles. The topological polar surface area (TPSA) is 108 Å². The number of hydrogen-bond donors (Lipinski definition) is 1. The van der Waals surface area contributed by atoms with Gasteiger partial charge in [0.05, 0.1) is 6.61 Å². The summed E-state index contributed by atoms with van der Waals surface area (Å²) in [6, 6.07) is 0. The fraction of sp³-hybridized carbons (Fsp3) is 0.939. The number of fused-ring (bicyclic) bond motifs is 3. The molecule has 242 valence electrons. The molecule has 8 nitrogen and oxygen atoms in total.